The molecule has 5 nitrogen and oxygen atoms in total. The van der Waals surface area contributed by atoms with E-state index in [9.17, 15) is 22.8 Å². The Balaban J connectivity index is 2.04. The van der Waals surface area contributed by atoms with Crippen molar-refractivity contribution in [3.63, 3.8) is 0 Å². The number of alkyl halides is 3. The van der Waals surface area contributed by atoms with Crippen LogP contribution in [0, 0.1) is 0 Å². The Morgan fingerprint density at radius 2 is 1.11 bits per heavy atom. The monoisotopic (exact) mass is 620 g/mol. The number of esters is 2. The smallest absolute Gasteiger partial charge is 0.422 e. The number of hydrogen-bond acceptors (Lipinski definition) is 5. The number of rotatable bonds is 6. The Morgan fingerprint density at radius 3 is 1.50 bits per heavy atom. The van der Waals surface area contributed by atoms with E-state index in [2.05, 4.69) is 4.74 Å². The molecule has 0 heterocycles. The van der Waals surface area contributed by atoms with Gasteiger partial charge in [-0.25, -0.2) is 0 Å². The molecule has 3 aromatic carbocycles. The summed E-state index contributed by atoms with van der Waals surface area (Å²) in [6, 6.07) is 8.93. The molecule has 0 aliphatic heterocycles. The minimum Gasteiger partial charge on any atom is -0.422 e. The van der Waals surface area contributed by atoms with Gasteiger partial charge in [-0.3, -0.25) is 9.59 Å². The SMILES string of the molecule is O=C(Oc1c(Cl)cc(Cl)cc1Cl)C(C(=O)Oc1c(Cl)cc(Cl)cc1Cl)c1cccc(OC(F)(F)F)c1. The Kier molecular flexibility index (Phi) is 9.14. The predicted molar refractivity (Wildman–Crippen MR) is 130 cm³/mol. The molecule has 190 valence electrons. The molecule has 3 aromatic rings. The van der Waals surface area contributed by atoms with Crippen molar-refractivity contribution in [2.45, 2.75) is 12.3 Å². The van der Waals surface area contributed by atoms with Crippen molar-refractivity contribution in [2.24, 2.45) is 0 Å². The van der Waals surface area contributed by atoms with Crippen molar-refractivity contribution < 1.29 is 37.0 Å². The fourth-order valence-corrected chi connectivity index (χ4v) is 4.62. The topological polar surface area (TPSA) is 61.8 Å². The van der Waals surface area contributed by atoms with E-state index >= 15 is 0 Å². The summed E-state index contributed by atoms with van der Waals surface area (Å²) in [5.74, 6) is -6.00. The first kappa shape index (κ1) is 28.5. The largest absolute Gasteiger partial charge is 0.573 e. The molecule has 0 saturated heterocycles. The summed E-state index contributed by atoms with van der Waals surface area (Å²) in [5, 5.41) is -0.441. The highest BCUT2D eigenvalue weighted by Crippen LogP contribution is 2.39. The Bertz CT molecular complexity index is 1210. The lowest BCUT2D eigenvalue weighted by molar-refractivity contribution is -0.274. The molecular formula is C22H9Cl6F3O5. The van der Waals surface area contributed by atoms with E-state index in [4.69, 9.17) is 79.1 Å². The molecule has 0 aromatic heterocycles. The lowest BCUT2D eigenvalue weighted by atomic mass is 9.99. The zero-order chi connectivity index (χ0) is 26.8. The lowest BCUT2D eigenvalue weighted by Crippen LogP contribution is -2.30. The zero-order valence-corrected chi connectivity index (χ0v) is 21.7. The molecule has 0 spiro atoms. The minimum atomic E-state index is -5.04. The van der Waals surface area contributed by atoms with Crippen LogP contribution in [0.4, 0.5) is 13.2 Å². The van der Waals surface area contributed by atoms with Gasteiger partial charge in [0.2, 0.25) is 0 Å². The Hall–Kier alpha value is -2.07. The van der Waals surface area contributed by atoms with Gasteiger partial charge in [0.15, 0.2) is 17.4 Å². The summed E-state index contributed by atoms with van der Waals surface area (Å²) in [6.07, 6.45) is -5.04. The van der Waals surface area contributed by atoms with Crippen LogP contribution in [0.25, 0.3) is 0 Å². The van der Waals surface area contributed by atoms with E-state index in [1.165, 1.54) is 30.3 Å². The summed E-state index contributed by atoms with van der Waals surface area (Å²) in [6.45, 7) is 0. The van der Waals surface area contributed by atoms with Gasteiger partial charge in [0.25, 0.3) is 0 Å². The van der Waals surface area contributed by atoms with Crippen LogP contribution in [0.3, 0.4) is 0 Å². The van der Waals surface area contributed by atoms with Crippen molar-refractivity contribution in [2.75, 3.05) is 0 Å². The molecule has 14 heteroatoms. The number of carbonyl (C=O) groups is 2. The van der Waals surface area contributed by atoms with Crippen LogP contribution >= 0.6 is 69.6 Å². The van der Waals surface area contributed by atoms with Gasteiger partial charge < -0.3 is 14.2 Å². The number of hydrogen-bond donors (Lipinski definition) is 0. The van der Waals surface area contributed by atoms with Crippen LogP contribution in [0.2, 0.25) is 30.1 Å². The van der Waals surface area contributed by atoms with Crippen molar-refractivity contribution in [1.29, 1.82) is 0 Å². The zero-order valence-electron chi connectivity index (χ0n) is 17.1. The second-order valence-electron chi connectivity index (χ2n) is 6.79. The second kappa shape index (κ2) is 11.5. The van der Waals surface area contributed by atoms with E-state index < -0.39 is 30.0 Å². The van der Waals surface area contributed by atoms with Crippen LogP contribution < -0.4 is 14.2 Å². The molecule has 0 N–H and O–H groups in total. The average molecular weight is 623 g/mol. The van der Waals surface area contributed by atoms with E-state index in [-0.39, 0.29) is 47.2 Å². The molecule has 0 bridgehead atoms. The second-order valence-corrected chi connectivity index (χ2v) is 9.29. The van der Waals surface area contributed by atoms with Crippen molar-refractivity contribution in [1.82, 2.24) is 0 Å². The van der Waals surface area contributed by atoms with Crippen LogP contribution in [0.5, 0.6) is 17.2 Å². The highest BCUT2D eigenvalue weighted by Gasteiger charge is 2.36. The molecule has 0 aliphatic carbocycles. The maximum Gasteiger partial charge on any atom is 0.573 e. The van der Waals surface area contributed by atoms with Gasteiger partial charge >= 0.3 is 18.3 Å². The van der Waals surface area contributed by atoms with E-state index in [1.54, 1.807) is 0 Å². The van der Waals surface area contributed by atoms with E-state index in [0.29, 0.717) is 0 Å². The number of halogens is 9. The summed E-state index contributed by atoms with van der Waals surface area (Å²) < 4.78 is 52.5. The summed E-state index contributed by atoms with van der Waals surface area (Å²) >= 11 is 35.8. The Morgan fingerprint density at radius 1 is 0.694 bits per heavy atom. The van der Waals surface area contributed by atoms with Crippen LogP contribution in [0.15, 0.2) is 48.5 Å². The maximum absolute atomic E-state index is 13.1. The molecule has 0 fully saturated rings. The fourth-order valence-electron chi connectivity index (χ4n) is 2.83. The third-order valence-corrected chi connectivity index (χ3v) is 5.79. The van der Waals surface area contributed by atoms with Gasteiger partial charge in [-0.15, -0.1) is 13.2 Å². The van der Waals surface area contributed by atoms with Crippen molar-refractivity contribution in [3.8, 4) is 17.2 Å². The van der Waals surface area contributed by atoms with Crippen molar-refractivity contribution in [3.05, 3.63) is 84.2 Å². The predicted octanol–water partition coefficient (Wildman–Crippen LogP) is 8.80. The molecule has 0 saturated carbocycles. The van der Waals surface area contributed by atoms with Gasteiger partial charge in [0.05, 0.1) is 20.1 Å². The van der Waals surface area contributed by atoms with Gasteiger partial charge in [-0.2, -0.15) is 0 Å². The molecule has 0 aliphatic rings. The quantitative estimate of drug-likeness (QED) is 0.156. The van der Waals surface area contributed by atoms with Crippen LogP contribution in [0.1, 0.15) is 11.5 Å². The van der Waals surface area contributed by atoms with E-state index in [1.807, 2.05) is 0 Å². The normalized spacial score (nSPS) is 11.4. The highest BCUT2D eigenvalue weighted by molar-refractivity contribution is 6.41. The first-order valence-corrected chi connectivity index (χ1v) is 11.6. The first-order valence-electron chi connectivity index (χ1n) is 9.33. The number of benzene rings is 3. The van der Waals surface area contributed by atoms with Crippen LogP contribution in [-0.2, 0) is 9.59 Å². The van der Waals surface area contributed by atoms with Crippen molar-refractivity contribution >= 4 is 81.5 Å². The van der Waals surface area contributed by atoms with Gasteiger partial charge in [0, 0.05) is 10.0 Å². The van der Waals surface area contributed by atoms with E-state index in [0.717, 1.165) is 18.2 Å². The highest BCUT2D eigenvalue weighted by atomic mass is 35.5. The third kappa shape index (κ3) is 7.25. The molecule has 0 atom stereocenters. The Labute approximate surface area is 231 Å². The van der Waals surface area contributed by atoms with Gasteiger partial charge in [-0.1, -0.05) is 81.7 Å². The first-order chi connectivity index (χ1) is 16.7. The average Bonchev–Trinajstić information content (AvgIpc) is 2.72. The number of ether oxygens (including phenoxy) is 3. The molecule has 36 heavy (non-hydrogen) atoms. The summed E-state index contributed by atoms with van der Waals surface area (Å²) in [4.78, 5) is 26.3. The van der Waals surface area contributed by atoms with Gasteiger partial charge in [-0.05, 0) is 42.0 Å². The molecule has 0 amide bonds. The fraction of sp³-hybridized carbons (Fsp3) is 0.0909. The summed E-state index contributed by atoms with van der Waals surface area (Å²) in [7, 11) is 0. The molecule has 0 unspecified atom stereocenters. The van der Waals surface area contributed by atoms with Crippen LogP contribution in [-0.4, -0.2) is 18.3 Å². The third-order valence-electron chi connectivity index (χ3n) is 4.23. The maximum atomic E-state index is 13.1. The molecule has 3 rings (SSSR count). The van der Waals surface area contributed by atoms with Gasteiger partial charge in [0.1, 0.15) is 5.75 Å². The molecule has 0 radical (unpaired) electrons. The standard InChI is InChI=1S/C22H9Cl6F3O5/c23-10-5-13(25)18(14(26)6-10)34-20(32)17(9-2-1-3-12(4-9)36-22(29,30)31)21(33)35-19-15(27)7-11(24)8-16(19)28/h1-8,17H. The number of carbonyl (C=O) groups excluding carboxylic acids is 2. The lowest BCUT2D eigenvalue weighted by Gasteiger charge is -2.18. The molecular weight excluding hydrogens is 614 g/mol. The summed E-state index contributed by atoms with van der Waals surface area (Å²) in [5.41, 5.74) is -0.283. The minimum absolute atomic E-state index is 0.129.